The molecule has 0 amide bonds. The molecule has 0 unspecified atom stereocenters. The van der Waals surface area contributed by atoms with Crippen molar-refractivity contribution in [2.75, 3.05) is 0 Å². The van der Waals surface area contributed by atoms with Crippen LogP contribution in [0.4, 0.5) is 0 Å². The highest BCUT2D eigenvalue weighted by molar-refractivity contribution is 9.10. The summed E-state index contributed by atoms with van der Waals surface area (Å²) in [7, 11) is 0. The van der Waals surface area contributed by atoms with Gasteiger partial charge in [-0.1, -0.05) is 44.0 Å². The van der Waals surface area contributed by atoms with Crippen molar-refractivity contribution in [3.05, 3.63) is 57.0 Å². The van der Waals surface area contributed by atoms with Gasteiger partial charge in [-0.25, -0.2) is 4.79 Å². The van der Waals surface area contributed by atoms with Crippen LogP contribution in [0.2, 0.25) is 0 Å². The summed E-state index contributed by atoms with van der Waals surface area (Å²) >= 11 is 6.90. The zero-order chi connectivity index (χ0) is 13.6. The van der Waals surface area contributed by atoms with E-state index in [1.807, 2.05) is 36.4 Å². The number of fused-ring (bicyclic) bond motifs is 3. The van der Waals surface area contributed by atoms with Crippen LogP contribution in [-0.2, 0) is 0 Å². The largest absolute Gasteiger partial charge is 0.478 e. The number of halogens is 2. The van der Waals surface area contributed by atoms with E-state index in [9.17, 15) is 9.90 Å². The highest BCUT2D eigenvalue weighted by atomic mass is 79.9. The predicted octanol–water partition coefficient (Wildman–Crippen LogP) is 5.22. The number of hydrogen-bond donors (Lipinski definition) is 1. The molecule has 1 N–H and O–H groups in total. The van der Waals surface area contributed by atoms with Crippen LogP contribution in [-0.4, -0.2) is 11.1 Å². The Kier molecular flexibility index (Phi) is 3.07. The quantitative estimate of drug-likeness (QED) is 0.589. The molecule has 0 bridgehead atoms. The average molecular weight is 380 g/mol. The van der Waals surface area contributed by atoms with Crippen LogP contribution >= 0.6 is 31.9 Å². The second-order valence-electron chi connectivity index (χ2n) is 4.28. The van der Waals surface area contributed by atoms with Gasteiger partial charge in [0.25, 0.3) is 0 Å². The fourth-order valence-corrected chi connectivity index (χ4v) is 2.99. The third-order valence-electron chi connectivity index (χ3n) is 3.11. The Bertz CT molecular complexity index is 825. The second-order valence-corrected chi connectivity index (χ2v) is 6.12. The van der Waals surface area contributed by atoms with Gasteiger partial charge in [0.05, 0.1) is 5.56 Å². The van der Waals surface area contributed by atoms with Gasteiger partial charge in [-0.2, -0.15) is 0 Å². The summed E-state index contributed by atoms with van der Waals surface area (Å²) in [6, 6.07) is 13.2. The van der Waals surface area contributed by atoms with E-state index in [2.05, 4.69) is 31.9 Å². The van der Waals surface area contributed by atoms with E-state index in [1.165, 1.54) is 0 Å². The predicted molar refractivity (Wildman–Crippen MR) is 83.8 cm³/mol. The standard InChI is InChI=1S/C15H8Br2O2/c16-9-2-1-8-5-14(15(18)19)11-4-3-10(17)7-13(11)12(8)6-9/h1-7H,(H,18,19). The monoisotopic (exact) mass is 378 g/mol. The third-order valence-corrected chi connectivity index (χ3v) is 4.09. The highest BCUT2D eigenvalue weighted by Gasteiger charge is 2.12. The summed E-state index contributed by atoms with van der Waals surface area (Å²) in [6.45, 7) is 0. The lowest BCUT2D eigenvalue weighted by Crippen LogP contribution is -1.98. The molecule has 0 aliphatic rings. The molecule has 0 radical (unpaired) electrons. The maximum Gasteiger partial charge on any atom is 0.336 e. The van der Waals surface area contributed by atoms with Gasteiger partial charge in [-0.15, -0.1) is 0 Å². The highest BCUT2D eigenvalue weighted by Crippen LogP contribution is 2.32. The zero-order valence-corrected chi connectivity index (χ0v) is 12.8. The van der Waals surface area contributed by atoms with Crippen LogP contribution in [0.1, 0.15) is 10.4 Å². The molecule has 0 fully saturated rings. The van der Waals surface area contributed by atoms with E-state index < -0.39 is 5.97 Å². The summed E-state index contributed by atoms with van der Waals surface area (Å²) < 4.78 is 1.91. The van der Waals surface area contributed by atoms with Gasteiger partial charge in [-0.3, -0.25) is 0 Å². The van der Waals surface area contributed by atoms with Crippen molar-refractivity contribution in [2.45, 2.75) is 0 Å². The smallest absolute Gasteiger partial charge is 0.336 e. The Morgan fingerprint density at radius 2 is 1.47 bits per heavy atom. The number of hydrogen-bond acceptors (Lipinski definition) is 1. The van der Waals surface area contributed by atoms with Gasteiger partial charge in [0, 0.05) is 8.95 Å². The van der Waals surface area contributed by atoms with E-state index in [4.69, 9.17) is 0 Å². The molecule has 0 saturated heterocycles. The lowest BCUT2D eigenvalue weighted by molar-refractivity contribution is 0.0699. The summed E-state index contributed by atoms with van der Waals surface area (Å²) in [4.78, 5) is 11.4. The topological polar surface area (TPSA) is 37.3 Å². The van der Waals surface area contributed by atoms with Gasteiger partial charge in [0.1, 0.15) is 0 Å². The van der Waals surface area contributed by atoms with Gasteiger partial charge in [0.15, 0.2) is 0 Å². The molecular formula is C15H8Br2O2. The lowest BCUT2D eigenvalue weighted by Gasteiger charge is -2.08. The van der Waals surface area contributed by atoms with E-state index in [0.717, 1.165) is 30.5 Å². The summed E-state index contributed by atoms with van der Waals surface area (Å²) in [6.07, 6.45) is 0. The molecule has 19 heavy (non-hydrogen) atoms. The maximum absolute atomic E-state index is 11.4. The fourth-order valence-electron chi connectivity index (χ4n) is 2.27. The van der Waals surface area contributed by atoms with Crippen molar-refractivity contribution in [1.29, 1.82) is 0 Å². The van der Waals surface area contributed by atoms with Gasteiger partial charge in [0.2, 0.25) is 0 Å². The summed E-state index contributed by atoms with van der Waals surface area (Å²) in [5.74, 6) is -0.905. The van der Waals surface area contributed by atoms with Crippen molar-refractivity contribution in [3.8, 4) is 0 Å². The van der Waals surface area contributed by atoms with Crippen molar-refractivity contribution >= 4 is 59.4 Å². The maximum atomic E-state index is 11.4. The minimum atomic E-state index is -0.905. The minimum Gasteiger partial charge on any atom is -0.478 e. The van der Waals surface area contributed by atoms with E-state index in [0.29, 0.717) is 5.56 Å². The molecule has 0 aliphatic heterocycles. The Morgan fingerprint density at radius 3 is 2.16 bits per heavy atom. The van der Waals surface area contributed by atoms with E-state index >= 15 is 0 Å². The first kappa shape index (κ1) is 12.6. The van der Waals surface area contributed by atoms with E-state index in [-0.39, 0.29) is 0 Å². The molecule has 0 aromatic heterocycles. The molecule has 0 atom stereocenters. The Balaban J connectivity index is 2.58. The molecule has 0 heterocycles. The molecular weight excluding hydrogens is 372 g/mol. The third kappa shape index (κ3) is 2.15. The van der Waals surface area contributed by atoms with E-state index in [1.54, 1.807) is 6.07 Å². The molecule has 3 aromatic carbocycles. The minimum absolute atomic E-state index is 0.331. The molecule has 3 aromatic rings. The Labute approximate surface area is 126 Å². The Morgan fingerprint density at radius 1 is 0.842 bits per heavy atom. The SMILES string of the molecule is O=C(O)c1cc2ccc(Br)cc2c2cc(Br)ccc12. The molecule has 3 rings (SSSR count). The van der Waals surface area contributed by atoms with Gasteiger partial charge >= 0.3 is 5.97 Å². The summed E-state index contributed by atoms with van der Waals surface area (Å²) in [5.41, 5.74) is 0.331. The molecule has 94 valence electrons. The zero-order valence-electron chi connectivity index (χ0n) is 9.65. The lowest BCUT2D eigenvalue weighted by atomic mass is 9.97. The molecule has 0 aliphatic carbocycles. The van der Waals surface area contributed by atoms with Gasteiger partial charge in [-0.05, 0) is 51.9 Å². The van der Waals surface area contributed by atoms with Crippen LogP contribution < -0.4 is 0 Å². The van der Waals surface area contributed by atoms with Crippen molar-refractivity contribution in [2.24, 2.45) is 0 Å². The number of aromatic carboxylic acids is 1. The average Bonchev–Trinajstić information content (AvgIpc) is 2.37. The van der Waals surface area contributed by atoms with Crippen molar-refractivity contribution < 1.29 is 9.90 Å². The van der Waals surface area contributed by atoms with Crippen molar-refractivity contribution in [3.63, 3.8) is 0 Å². The first-order valence-electron chi connectivity index (χ1n) is 5.61. The first-order valence-corrected chi connectivity index (χ1v) is 7.20. The van der Waals surface area contributed by atoms with Gasteiger partial charge < -0.3 is 5.11 Å². The molecule has 0 spiro atoms. The number of carboxylic acid groups (broad SMARTS) is 1. The van der Waals surface area contributed by atoms with Crippen molar-refractivity contribution in [1.82, 2.24) is 0 Å². The first-order chi connectivity index (χ1) is 9.06. The number of carbonyl (C=O) groups is 1. The number of benzene rings is 3. The van der Waals surface area contributed by atoms with Crippen LogP contribution in [0.15, 0.2) is 51.4 Å². The molecule has 0 saturated carbocycles. The number of rotatable bonds is 1. The Hall–Kier alpha value is -1.39. The van der Waals surface area contributed by atoms with Crippen LogP contribution in [0.3, 0.4) is 0 Å². The number of carboxylic acids is 1. The van der Waals surface area contributed by atoms with Crippen LogP contribution in [0.25, 0.3) is 21.5 Å². The molecule has 2 nitrogen and oxygen atoms in total. The summed E-state index contributed by atoms with van der Waals surface area (Å²) in [5, 5.41) is 13.0. The van der Waals surface area contributed by atoms with Crippen LogP contribution in [0.5, 0.6) is 0 Å². The molecule has 4 heteroatoms. The fraction of sp³-hybridized carbons (Fsp3) is 0. The normalized spacial score (nSPS) is 11.1. The second kappa shape index (κ2) is 4.62. The van der Waals surface area contributed by atoms with Crippen LogP contribution in [0, 0.1) is 0 Å².